The number of amides is 2. The van der Waals surface area contributed by atoms with Crippen molar-refractivity contribution in [2.75, 3.05) is 23.7 Å². The minimum atomic E-state index is -3.58. The molecule has 0 unspecified atom stereocenters. The summed E-state index contributed by atoms with van der Waals surface area (Å²) in [5.41, 5.74) is 2.93. The van der Waals surface area contributed by atoms with E-state index in [1.165, 1.54) is 9.21 Å². The van der Waals surface area contributed by atoms with E-state index in [1.54, 1.807) is 18.2 Å². The van der Waals surface area contributed by atoms with Gasteiger partial charge in [0.05, 0.1) is 11.9 Å². The fraction of sp³-hybridized carbons (Fsp3) is 0.500. The molecule has 2 aromatic rings. The minimum Gasteiger partial charge on any atom is -0.354 e. The quantitative estimate of drug-likeness (QED) is 0.326. The molecule has 0 heterocycles. The fourth-order valence-electron chi connectivity index (χ4n) is 4.17. The first-order valence-electron chi connectivity index (χ1n) is 12.8. The number of rotatable bonds is 13. The summed E-state index contributed by atoms with van der Waals surface area (Å²) in [4.78, 5) is 28.2. The van der Waals surface area contributed by atoms with Gasteiger partial charge in [-0.05, 0) is 61.9 Å². The van der Waals surface area contributed by atoms with Crippen LogP contribution >= 0.6 is 23.2 Å². The first kappa shape index (κ1) is 31.9. The number of nitrogens with zero attached hydrogens (tertiary/aromatic N) is 2. The summed E-state index contributed by atoms with van der Waals surface area (Å²) in [7, 11) is -3.58. The molecule has 210 valence electrons. The number of nitrogens with one attached hydrogen (secondary N) is 1. The van der Waals surface area contributed by atoms with Crippen molar-refractivity contribution in [2.24, 2.45) is 5.92 Å². The molecule has 1 atom stereocenters. The van der Waals surface area contributed by atoms with E-state index < -0.39 is 16.1 Å². The van der Waals surface area contributed by atoms with Crippen LogP contribution in [0.1, 0.15) is 56.7 Å². The highest BCUT2D eigenvalue weighted by Crippen LogP contribution is 2.28. The third kappa shape index (κ3) is 8.89. The van der Waals surface area contributed by atoms with E-state index in [0.717, 1.165) is 17.4 Å². The van der Waals surface area contributed by atoms with Crippen LogP contribution in [0.15, 0.2) is 36.4 Å². The molecule has 0 aromatic heterocycles. The lowest BCUT2D eigenvalue weighted by atomic mass is 10.1. The number of hydrogen-bond donors (Lipinski definition) is 1. The standard InChI is InChI=1S/C28H39Cl2N3O4S/c1-7-25(28(35)31-17-19(2)3)32(18-22-23(29)10-8-11-24(22)30)27(34)12-9-15-33(38(6,36)37)26-16-20(4)13-14-21(26)5/h8,10-11,13-14,16,19,25H,7,9,12,15,17-18H2,1-6H3,(H,31,35)/t25-/m0/s1. The average molecular weight is 585 g/mol. The van der Waals surface area contributed by atoms with Crippen molar-refractivity contribution in [2.45, 2.75) is 66.5 Å². The molecule has 0 bridgehead atoms. The smallest absolute Gasteiger partial charge is 0.242 e. The van der Waals surface area contributed by atoms with Gasteiger partial charge in [-0.1, -0.05) is 62.2 Å². The second-order valence-corrected chi connectivity index (χ2v) is 12.7. The minimum absolute atomic E-state index is 0.0485. The predicted octanol–water partition coefficient (Wildman–Crippen LogP) is 5.74. The monoisotopic (exact) mass is 583 g/mol. The number of benzene rings is 2. The molecule has 38 heavy (non-hydrogen) atoms. The zero-order valence-corrected chi connectivity index (χ0v) is 25.4. The SMILES string of the molecule is CC[C@@H](C(=O)NCC(C)C)N(Cc1c(Cl)cccc1Cl)C(=O)CCCN(c1cc(C)ccc1C)S(C)(=O)=O. The molecular weight excluding hydrogens is 545 g/mol. The van der Waals surface area contributed by atoms with Gasteiger partial charge in [0.2, 0.25) is 21.8 Å². The average Bonchev–Trinajstić information content (AvgIpc) is 2.83. The Hall–Kier alpha value is -2.29. The van der Waals surface area contributed by atoms with E-state index in [-0.39, 0.29) is 43.7 Å². The molecule has 0 aliphatic carbocycles. The Labute approximate surface area is 237 Å². The molecule has 1 N–H and O–H groups in total. The van der Waals surface area contributed by atoms with Gasteiger partial charge >= 0.3 is 0 Å². The maximum Gasteiger partial charge on any atom is 0.242 e. The lowest BCUT2D eigenvalue weighted by Gasteiger charge is -2.32. The highest BCUT2D eigenvalue weighted by molar-refractivity contribution is 7.92. The van der Waals surface area contributed by atoms with E-state index in [1.807, 2.05) is 52.8 Å². The summed E-state index contributed by atoms with van der Waals surface area (Å²) in [6.45, 7) is 10.3. The number of hydrogen-bond acceptors (Lipinski definition) is 4. The van der Waals surface area contributed by atoms with E-state index in [9.17, 15) is 18.0 Å². The first-order valence-corrected chi connectivity index (χ1v) is 15.4. The normalized spacial score (nSPS) is 12.3. The number of carbonyl (C=O) groups excluding carboxylic acids is 2. The van der Waals surface area contributed by atoms with Crippen molar-refractivity contribution >= 4 is 50.7 Å². The lowest BCUT2D eigenvalue weighted by molar-refractivity contribution is -0.141. The predicted molar refractivity (Wildman–Crippen MR) is 156 cm³/mol. The maximum absolute atomic E-state index is 13.6. The molecule has 2 amide bonds. The van der Waals surface area contributed by atoms with Crippen LogP contribution in [0.4, 0.5) is 5.69 Å². The van der Waals surface area contributed by atoms with Crippen LogP contribution in [0.2, 0.25) is 10.0 Å². The van der Waals surface area contributed by atoms with Crippen molar-refractivity contribution < 1.29 is 18.0 Å². The largest absolute Gasteiger partial charge is 0.354 e. The maximum atomic E-state index is 13.6. The second-order valence-electron chi connectivity index (χ2n) is 10.0. The van der Waals surface area contributed by atoms with E-state index in [2.05, 4.69) is 5.32 Å². The van der Waals surface area contributed by atoms with E-state index >= 15 is 0 Å². The van der Waals surface area contributed by atoms with Gasteiger partial charge in [-0.15, -0.1) is 0 Å². The molecule has 0 radical (unpaired) electrons. The van der Waals surface area contributed by atoms with Gasteiger partial charge in [0.25, 0.3) is 0 Å². The molecule has 0 saturated heterocycles. The Morgan fingerprint density at radius 1 is 1.05 bits per heavy atom. The van der Waals surface area contributed by atoms with Gasteiger partial charge in [-0.25, -0.2) is 8.42 Å². The third-order valence-corrected chi connectivity index (χ3v) is 8.13. The number of carbonyl (C=O) groups is 2. The van der Waals surface area contributed by atoms with Crippen molar-refractivity contribution in [3.8, 4) is 0 Å². The van der Waals surface area contributed by atoms with Gasteiger partial charge < -0.3 is 10.2 Å². The van der Waals surface area contributed by atoms with Crippen LogP contribution in [-0.4, -0.2) is 50.5 Å². The van der Waals surface area contributed by atoms with Crippen LogP contribution < -0.4 is 9.62 Å². The van der Waals surface area contributed by atoms with Crippen molar-refractivity contribution in [1.29, 1.82) is 0 Å². The summed E-state index contributed by atoms with van der Waals surface area (Å²) in [6.07, 6.45) is 1.88. The topological polar surface area (TPSA) is 86.8 Å². The molecule has 0 aliphatic rings. The van der Waals surface area contributed by atoms with E-state index in [4.69, 9.17) is 23.2 Å². The van der Waals surface area contributed by atoms with Gasteiger partial charge in [0, 0.05) is 41.7 Å². The molecule has 0 saturated carbocycles. The molecule has 0 aliphatic heterocycles. The van der Waals surface area contributed by atoms with Crippen molar-refractivity contribution in [1.82, 2.24) is 10.2 Å². The first-order chi connectivity index (χ1) is 17.8. The fourth-order valence-corrected chi connectivity index (χ4v) is 5.70. The van der Waals surface area contributed by atoms with Crippen molar-refractivity contribution in [3.63, 3.8) is 0 Å². The molecule has 7 nitrogen and oxygen atoms in total. The van der Waals surface area contributed by atoms with Gasteiger partial charge in [0.1, 0.15) is 6.04 Å². The summed E-state index contributed by atoms with van der Waals surface area (Å²) in [5, 5.41) is 3.74. The zero-order chi connectivity index (χ0) is 28.6. The molecule has 2 rings (SSSR count). The second kappa shape index (κ2) is 14.2. The summed E-state index contributed by atoms with van der Waals surface area (Å²) >= 11 is 12.8. The Morgan fingerprint density at radius 2 is 1.68 bits per heavy atom. The Balaban J connectivity index is 2.30. The molecule has 0 fully saturated rings. The number of sulfonamides is 1. The molecule has 2 aromatic carbocycles. The van der Waals surface area contributed by atoms with Crippen LogP contribution in [0, 0.1) is 19.8 Å². The van der Waals surface area contributed by atoms with Crippen LogP contribution in [0.25, 0.3) is 0 Å². The number of halogens is 2. The summed E-state index contributed by atoms with van der Waals surface area (Å²) < 4.78 is 26.6. The summed E-state index contributed by atoms with van der Waals surface area (Å²) in [6, 6.07) is 10.0. The Morgan fingerprint density at radius 3 is 2.24 bits per heavy atom. The third-order valence-electron chi connectivity index (χ3n) is 6.25. The van der Waals surface area contributed by atoms with E-state index in [0.29, 0.717) is 34.3 Å². The number of aryl methyl sites for hydroxylation is 2. The van der Waals surface area contributed by atoms with Crippen LogP contribution in [-0.2, 0) is 26.2 Å². The lowest BCUT2D eigenvalue weighted by Crippen LogP contribution is -2.49. The zero-order valence-electron chi connectivity index (χ0n) is 23.1. The highest BCUT2D eigenvalue weighted by atomic mass is 35.5. The summed E-state index contributed by atoms with van der Waals surface area (Å²) in [5.74, 6) is -0.265. The number of anilines is 1. The molecule has 10 heteroatoms. The van der Waals surface area contributed by atoms with Crippen molar-refractivity contribution in [3.05, 3.63) is 63.1 Å². The van der Waals surface area contributed by atoms with Crippen LogP contribution in [0.5, 0.6) is 0 Å². The van der Waals surface area contributed by atoms with Gasteiger partial charge in [-0.2, -0.15) is 0 Å². The highest BCUT2D eigenvalue weighted by Gasteiger charge is 2.30. The Bertz CT molecular complexity index is 1210. The molecule has 0 spiro atoms. The van der Waals surface area contributed by atoms with Gasteiger partial charge in [-0.3, -0.25) is 13.9 Å². The van der Waals surface area contributed by atoms with Crippen LogP contribution in [0.3, 0.4) is 0 Å². The molecular formula is C28H39Cl2N3O4S. The Kier molecular flexibility index (Phi) is 11.9. The van der Waals surface area contributed by atoms with Gasteiger partial charge in [0.15, 0.2) is 0 Å².